The molecule has 1 N–H and O–H groups in total. The number of furan rings is 1. The van der Waals surface area contributed by atoms with Crippen molar-refractivity contribution >= 4 is 17.5 Å². The first-order chi connectivity index (χ1) is 12.0. The molecule has 0 aliphatic heterocycles. The van der Waals surface area contributed by atoms with E-state index in [0.717, 1.165) is 10.2 Å². The minimum absolute atomic E-state index is 0.304. The quantitative estimate of drug-likeness (QED) is 0.761. The highest BCUT2D eigenvalue weighted by molar-refractivity contribution is 6.30. The number of amides is 1. The van der Waals surface area contributed by atoms with Crippen molar-refractivity contribution < 1.29 is 9.21 Å². The van der Waals surface area contributed by atoms with E-state index in [2.05, 4.69) is 10.4 Å². The van der Waals surface area contributed by atoms with Gasteiger partial charge in [-0.3, -0.25) is 9.59 Å². The average Bonchev–Trinajstić information content (AvgIpc) is 3.15. The summed E-state index contributed by atoms with van der Waals surface area (Å²) >= 11 is 5.84. The number of aromatic nitrogens is 2. The summed E-state index contributed by atoms with van der Waals surface area (Å²) in [5.74, 6) is 0.226. The van der Waals surface area contributed by atoms with E-state index < -0.39 is 6.04 Å². The number of carbonyl (C=O) groups excluding carboxylic acids is 1. The Labute approximate surface area is 149 Å². The predicted octanol–water partition coefficient (Wildman–Crippen LogP) is 3.03. The van der Waals surface area contributed by atoms with Gasteiger partial charge in [0.15, 0.2) is 5.76 Å². The topological polar surface area (TPSA) is 77.1 Å². The molecule has 1 aromatic carbocycles. The Bertz CT molecular complexity index is 917. The summed E-state index contributed by atoms with van der Waals surface area (Å²) in [5, 5.41) is 7.66. The lowest BCUT2D eigenvalue weighted by molar-refractivity contribution is -0.124. The molecule has 0 fully saturated rings. The van der Waals surface area contributed by atoms with Crippen LogP contribution in [0.25, 0.3) is 11.5 Å². The molecule has 0 radical (unpaired) electrons. The second-order valence-corrected chi connectivity index (χ2v) is 5.94. The molecular weight excluding hydrogens is 342 g/mol. The molecule has 3 aromatic rings. The summed E-state index contributed by atoms with van der Waals surface area (Å²) in [7, 11) is 0. The lowest BCUT2D eigenvalue weighted by atomic mass is 10.2. The molecule has 25 heavy (non-hydrogen) atoms. The fraction of sp³-hybridized carbons (Fsp3) is 0.167. The molecule has 6 nitrogen and oxygen atoms in total. The van der Waals surface area contributed by atoms with Gasteiger partial charge in [0.05, 0.1) is 6.26 Å². The largest absolute Gasteiger partial charge is 0.463 e. The first-order valence-corrected chi connectivity index (χ1v) is 8.08. The van der Waals surface area contributed by atoms with Crippen LogP contribution in [0.4, 0.5) is 0 Å². The number of halogens is 1. The van der Waals surface area contributed by atoms with Crippen LogP contribution in [0, 0.1) is 0 Å². The molecule has 0 saturated carbocycles. The van der Waals surface area contributed by atoms with Crippen molar-refractivity contribution in [3.05, 3.63) is 75.7 Å². The van der Waals surface area contributed by atoms with Gasteiger partial charge in [0.2, 0.25) is 5.91 Å². The van der Waals surface area contributed by atoms with E-state index in [9.17, 15) is 9.59 Å². The molecule has 1 amide bonds. The molecule has 2 aromatic heterocycles. The van der Waals surface area contributed by atoms with Crippen molar-refractivity contribution in [1.82, 2.24) is 15.1 Å². The van der Waals surface area contributed by atoms with Crippen LogP contribution in [0.3, 0.4) is 0 Å². The lowest BCUT2D eigenvalue weighted by Crippen LogP contribution is -2.36. The van der Waals surface area contributed by atoms with Gasteiger partial charge in [0.25, 0.3) is 5.56 Å². The molecule has 0 saturated heterocycles. The van der Waals surface area contributed by atoms with Crippen molar-refractivity contribution in [1.29, 1.82) is 0 Å². The lowest BCUT2D eigenvalue weighted by Gasteiger charge is -2.14. The summed E-state index contributed by atoms with van der Waals surface area (Å²) in [6, 6.07) is 12.8. The second-order valence-electron chi connectivity index (χ2n) is 5.50. The predicted molar refractivity (Wildman–Crippen MR) is 94.2 cm³/mol. The maximum Gasteiger partial charge on any atom is 0.267 e. The van der Waals surface area contributed by atoms with E-state index in [4.69, 9.17) is 16.0 Å². The Morgan fingerprint density at radius 1 is 1.24 bits per heavy atom. The zero-order valence-electron chi connectivity index (χ0n) is 13.5. The van der Waals surface area contributed by atoms with Gasteiger partial charge in [-0.15, -0.1) is 0 Å². The molecule has 1 atom stereocenters. The Kier molecular flexibility index (Phi) is 5.00. The number of hydrogen-bond donors (Lipinski definition) is 1. The summed E-state index contributed by atoms with van der Waals surface area (Å²) < 4.78 is 6.43. The number of carbonyl (C=O) groups is 1. The van der Waals surface area contributed by atoms with E-state index in [1.807, 2.05) is 12.1 Å². The van der Waals surface area contributed by atoms with E-state index in [0.29, 0.717) is 23.0 Å². The summed E-state index contributed by atoms with van der Waals surface area (Å²) in [6.07, 6.45) is 1.52. The van der Waals surface area contributed by atoms with Crippen molar-refractivity contribution in [3.63, 3.8) is 0 Å². The van der Waals surface area contributed by atoms with E-state index in [-0.39, 0.29) is 11.5 Å². The van der Waals surface area contributed by atoms with Gasteiger partial charge in [-0.2, -0.15) is 5.10 Å². The standard InChI is InChI=1S/C18H16ClN3O3/c1-12(18(24)20-11-13-4-6-14(19)7-5-13)22-17(23)9-8-15(21-22)16-3-2-10-25-16/h2-10,12H,11H2,1H3,(H,20,24). The highest BCUT2D eigenvalue weighted by Crippen LogP contribution is 2.16. The molecular formula is C18H16ClN3O3. The fourth-order valence-electron chi connectivity index (χ4n) is 2.31. The van der Waals surface area contributed by atoms with Crippen LogP contribution < -0.4 is 10.9 Å². The molecule has 0 aliphatic carbocycles. The van der Waals surface area contributed by atoms with E-state index in [1.165, 1.54) is 12.3 Å². The summed E-state index contributed by atoms with van der Waals surface area (Å²) in [4.78, 5) is 24.4. The Morgan fingerprint density at radius 2 is 2.00 bits per heavy atom. The third kappa shape index (κ3) is 3.97. The number of hydrogen-bond acceptors (Lipinski definition) is 4. The Morgan fingerprint density at radius 3 is 2.68 bits per heavy atom. The Hall–Kier alpha value is -2.86. The molecule has 0 aliphatic rings. The van der Waals surface area contributed by atoms with Crippen LogP contribution in [-0.2, 0) is 11.3 Å². The van der Waals surface area contributed by atoms with Crippen LogP contribution in [0.1, 0.15) is 18.5 Å². The smallest absolute Gasteiger partial charge is 0.267 e. The van der Waals surface area contributed by atoms with Gasteiger partial charge < -0.3 is 9.73 Å². The van der Waals surface area contributed by atoms with E-state index >= 15 is 0 Å². The van der Waals surface area contributed by atoms with Gasteiger partial charge in [0, 0.05) is 17.6 Å². The van der Waals surface area contributed by atoms with E-state index in [1.54, 1.807) is 37.3 Å². The molecule has 2 heterocycles. The monoisotopic (exact) mass is 357 g/mol. The first-order valence-electron chi connectivity index (χ1n) is 7.70. The molecule has 128 valence electrons. The van der Waals surface area contributed by atoms with Crippen molar-refractivity contribution in [3.8, 4) is 11.5 Å². The molecule has 1 unspecified atom stereocenters. The molecule has 7 heteroatoms. The van der Waals surface area contributed by atoms with Gasteiger partial charge >= 0.3 is 0 Å². The van der Waals surface area contributed by atoms with Crippen LogP contribution >= 0.6 is 11.6 Å². The van der Waals surface area contributed by atoms with Crippen molar-refractivity contribution in [2.75, 3.05) is 0 Å². The third-order valence-corrected chi connectivity index (χ3v) is 3.98. The van der Waals surface area contributed by atoms with Crippen LogP contribution in [-0.4, -0.2) is 15.7 Å². The van der Waals surface area contributed by atoms with Crippen molar-refractivity contribution in [2.24, 2.45) is 0 Å². The maximum atomic E-state index is 12.4. The molecule has 0 bridgehead atoms. The molecule has 3 rings (SSSR count). The van der Waals surface area contributed by atoms with Gasteiger partial charge in [-0.05, 0) is 42.8 Å². The van der Waals surface area contributed by atoms with Crippen LogP contribution in [0.2, 0.25) is 5.02 Å². The van der Waals surface area contributed by atoms with Gasteiger partial charge in [0.1, 0.15) is 11.7 Å². The summed E-state index contributed by atoms with van der Waals surface area (Å²) in [6.45, 7) is 1.96. The number of benzene rings is 1. The highest BCUT2D eigenvalue weighted by atomic mass is 35.5. The van der Waals surface area contributed by atoms with Crippen LogP contribution in [0.15, 0.2) is 64.0 Å². The van der Waals surface area contributed by atoms with Gasteiger partial charge in [-0.25, -0.2) is 4.68 Å². The van der Waals surface area contributed by atoms with Crippen LogP contribution in [0.5, 0.6) is 0 Å². The third-order valence-electron chi connectivity index (χ3n) is 3.72. The highest BCUT2D eigenvalue weighted by Gasteiger charge is 2.18. The minimum Gasteiger partial charge on any atom is -0.463 e. The fourth-order valence-corrected chi connectivity index (χ4v) is 2.43. The van der Waals surface area contributed by atoms with Gasteiger partial charge in [-0.1, -0.05) is 23.7 Å². The number of rotatable bonds is 5. The first kappa shape index (κ1) is 17.0. The molecule has 0 spiro atoms. The SMILES string of the molecule is CC(C(=O)NCc1ccc(Cl)cc1)n1nc(-c2ccco2)ccc1=O. The number of nitrogens with zero attached hydrogens (tertiary/aromatic N) is 2. The number of nitrogens with one attached hydrogen (secondary N) is 1. The zero-order chi connectivity index (χ0) is 17.8. The minimum atomic E-state index is -0.755. The summed E-state index contributed by atoms with van der Waals surface area (Å²) in [5.41, 5.74) is 1.04. The normalized spacial score (nSPS) is 11.9. The second kappa shape index (κ2) is 7.36. The Balaban J connectivity index is 1.74. The van der Waals surface area contributed by atoms with Crippen molar-refractivity contribution in [2.45, 2.75) is 19.5 Å². The average molecular weight is 358 g/mol. The maximum absolute atomic E-state index is 12.4. The zero-order valence-corrected chi connectivity index (χ0v) is 14.2.